The Morgan fingerprint density at radius 2 is 1.74 bits per heavy atom. The molecular weight excluding hydrogens is 344 g/mol. The van der Waals surface area contributed by atoms with Crippen molar-refractivity contribution in [3.8, 4) is 11.5 Å². The normalized spacial score (nSPS) is 15.4. The van der Waals surface area contributed by atoms with Crippen molar-refractivity contribution < 1.29 is 9.47 Å². The molecule has 0 saturated carbocycles. The Morgan fingerprint density at radius 1 is 1.00 bits per heavy atom. The maximum atomic E-state index is 13.1. The first-order valence-electron chi connectivity index (χ1n) is 8.96. The number of methoxy groups -OCH3 is 2. The molecule has 142 valence electrons. The number of pyridine rings is 1. The molecular formula is C20H24N4O3. The predicted molar refractivity (Wildman–Crippen MR) is 109 cm³/mol. The van der Waals surface area contributed by atoms with Crippen LogP contribution in [0.2, 0.25) is 0 Å². The first kappa shape index (κ1) is 17.5. The number of rotatable bonds is 3. The number of anilines is 2. The van der Waals surface area contributed by atoms with Gasteiger partial charge in [-0.15, -0.1) is 0 Å². The molecule has 27 heavy (non-hydrogen) atoms. The maximum absolute atomic E-state index is 13.1. The summed E-state index contributed by atoms with van der Waals surface area (Å²) in [7, 11) is 5.25. The summed E-state index contributed by atoms with van der Waals surface area (Å²) in [6.07, 6.45) is 0. The van der Waals surface area contributed by atoms with Crippen LogP contribution in [0.1, 0.15) is 0 Å². The second kappa shape index (κ2) is 6.66. The predicted octanol–water partition coefficient (Wildman–Crippen LogP) is 2.03. The molecule has 2 heterocycles. The van der Waals surface area contributed by atoms with E-state index in [1.807, 2.05) is 12.1 Å². The molecule has 0 bridgehead atoms. The molecule has 0 atom stereocenters. The van der Waals surface area contributed by atoms with Gasteiger partial charge in [-0.05, 0) is 19.2 Å². The number of H-pyrrole nitrogens is 1. The van der Waals surface area contributed by atoms with Crippen molar-refractivity contribution in [2.45, 2.75) is 0 Å². The van der Waals surface area contributed by atoms with E-state index < -0.39 is 0 Å². The van der Waals surface area contributed by atoms with Gasteiger partial charge in [0.25, 0.3) is 0 Å². The monoisotopic (exact) mass is 368 g/mol. The van der Waals surface area contributed by atoms with E-state index in [9.17, 15) is 4.79 Å². The number of fused-ring (bicyclic) bond motifs is 2. The van der Waals surface area contributed by atoms with Crippen LogP contribution in [-0.2, 0) is 0 Å². The molecule has 3 N–H and O–H groups in total. The summed E-state index contributed by atoms with van der Waals surface area (Å²) in [6.45, 7) is 3.79. The number of piperazine rings is 1. The highest BCUT2D eigenvalue weighted by atomic mass is 16.5. The van der Waals surface area contributed by atoms with E-state index >= 15 is 0 Å². The molecule has 0 aliphatic carbocycles. The lowest BCUT2D eigenvalue weighted by atomic mass is 10.1. The van der Waals surface area contributed by atoms with Crippen molar-refractivity contribution in [3.63, 3.8) is 0 Å². The van der Waals surface area contributed by atoms with Gasteiger partial charge >= 0.3 is 0 Å². The molecule has 0 spiro atoms. The molecule has 1 aliphatic rings. The van der Waals surface area contributed by atoms with Crippen molar-refractivity contribution in [2.24, 2.45) is 0 Å². The number of nitrogens with one attached hydrogen (secondary N) is 1. The summed E-state index contributed by atoms with van der Waals surface area (Å²) in [5.41, 5.74) is 9.23. The fourth-order valence-corrected chi connectivity index (χ4v) is 3.70. The van der Waals surface area contributed by atoms with Gasteiger partial charge < -0.3 is 30.0 Å². The van der Waals surface area contributed by atoms with Gasteiger partial charge in [0.15, 0.2) is 0 Å². The molecule has 7 heteroatoms. The van der Waals surface area contributed by atoms with Gasteiger partial charge in [-0.1, -0.05) is 0 Å². The van der Waals surface area contributed by atoms with Crippen molar-refractivity contribution in [1.29, 1.82) is 0 Å². The van der Waals surface area contributed by atoms with Crippen LogP contribution in [0.4, 0.5) is 11.4 Å². The Kier molecular flexibility index (Phi) is 4.31. The number of nitrogen functional groups attached to an aromatic ring is 1. The maximum Gasteiger partial charge on any atom is 0.201 e. The Morgan fingerprint density at radius 3 is 2.41 bits per heavy atom. The highest BCUT2D eigenvalue weighted by Gasteiger charge is 2.19. The lowest BCUT2D eigenvalue weighted by Gasteiger charge is -2.34. The van der Waals surface area contributed by atoms with Gasteiger partial charge in [0, 0.05) is 43.7 Å². The second-order valence-electron chi connectivity index (χ2n) is 6.95. The second-order valence-corrected chi connectivity index (χ2v) is 6.95. The highest BCUT2D eigenvalue weighted by Crippen LogP contribution is 2.32. The van der Waals surface area contributed by atoms with Crippen LogP contribution in [0.15, 0.2) is 29.1 Å². The number of nitrogens with zero attached hydrogens (tertiary/aromatic N) is 2. The van der Waals surface area contributed by atoms with E-state index in [4.69, 9.17) is 15.2 Å². The van der Waals surface area contributed by atoms with E-state index in [1.54, 1.807) is 26.4 Å². The summed E-state index contributed by atoms with van der Waals surface area (Å²) in [5, 5.41) is 1.05. The van der Waals surface area contributed by atoms with Gasteiger partial charge in [-0.3, -0.25) is 4.79 Å². The molecule has 0 radical (unpaired) electrons. The molecule has 4 rings (SSSR count). The van der Waals surface area contributed by atoms with Crippen LogP contribution in [0, 0.1) is 0 Å². The summed E-state index contributed by atoms with van der Waals surface area (Å²) in [5.74, 6) is 1.11. The van der Waals surface area contributed by atoms with Crippen LogP contribution in [0.25, 0.3) is 21.8 Å². The van der Waals surface area contributed by atoms with Crippen LogP contribution in [0.3, 0.4) is 0 Å². The minimum atomic E-state index is -0.102. The average molecular weight is 368 g/mol. The topological polar surface area (TPSA) is 83.8 Å². The summed E-state index contributed by atoms with van der Waals surface area (Å²) >= 11 is 0. The fraction of sp³-hybridized carbons (Fsp3) is 0.350. The van der Waals surface area contributed by atoms with E-state index in [0.29, 0.717) is 33.5 Å². The van der Waals surface area contributed by atoms with Crippen LogP contribution in [0.5, 0.6) is 11.5 Å². The van der Waals surface area contributed by atoms with E-state index in [-0.39, 0.29) is 5.43 Å². The summed E-state index contributed by atoms with van der Waals surface area (Å²) in [4.78, 5) is 21.1. The largest absolute Gasteiger partial charge is 0.497 e. The molecule has 0 unspecified atom stereocenters. The van der Waals surface area contributed by atoms with Crippen LogP contribution >= 0.6 is 0 Å². The van der Waals surface area contributed by atoms with E-state index in [2.05, 4.69) is 21.8 Å². The van der Waals surface area contributed by atoms with Crippen LogP contribution < -0.4 is 25.5 Å². The highest BCUT2D eigenvalue weighted by molar-refractivity contribution is 5.99. The van der Waals surface area contributed by atoms with Crippen molar-refractivity contribution >= 4 is 33.2 Å². The molecule has 0 amide bonds. The summed E-state index contributed by atoms with van der Waals surface area (Å²) in [6, 6.07) is 7.27. The minimum absolute atomic E-state index is 0.102. The Bertz CT molecular complexity index is 1070. The van der Waals surface area contributed by atoms with E-state index in [0.717, 1.165) is 37.4 Å². The molecule has 1 aliphatic heterocycles. The third-order valence-electron chi connectivity index (χ3n) is 5.28. The minimum Gasteiger partial charge on any atom is -0.497 e. The van der Waals surface area contributed by atoms with Gasteiger partial charge in [0.05, 0.1) is 42.0 Å². The molecule has 1 saturated heterocycles. The third kappa shape index (κ3) is 2.94. The first-order chi connectivity index (χ1) is 13.0. The van der Waals surface area contributed by atoms with Gasteiger partial charge in [0.1, 0.15) is 11.5 Å². The number of aromatic amines is 1. The lowest BCUT2D eigenvalue weighted by Crippen LogP contribution is -2.44. The van der Waals surface area contributed by atoms with Crippen molar-refractivity contribution in [2.75, 3.05) is 58.1 Å². The van der Waals surface area contributed by atoms with Gasteiger partial charge in [-0.2, -0.15) is 0 Å². The van der Waals surface area contributed by atoms with Gasteiger partial charge in [0.2, 0.25) is 5.43 Å². The number of ether oxygens (including phenoxy) is 2. The van der Waals surface area contributed by atoms with Crippen molar-refractivity contribution in [1.82, 2.24) is 9.88 Å². The molecule has 1 fully saturated rings. The molecule has 3 aromatic rings. The smallest absolute Gasteiger partial charge is 0.201 e. The Labute approximate surface area is 157 Å². The fourth-order valence-electron chi connectivity index (χ4n) is 3.70. The zero-order valence-corrected chi connectivity index (χ0v) is 15.8. The van der Waals surface area contributed by atoms with E-state index in [1.165, 1.54) is 0 Å². The molecule has 2 aromatic carbocycles. The number of aromatic nitrogens is 1. The quantitative estimate of drug-likeness (QED) is 0.544. The Hall–Kier alpha value is -2.93. The Balaban J connectivity index is 1.93. The summed E-state index contributed by atoms with van der Waals surface area (Å²) < 4.78 is 10.7. The first-order valence-corrected chi connectivity index (χ1v) is 8.96. The standard InChI is InChI=1S/C20H24N4O3/c1-23-4-6-24(7-5-23)17-11-15-13(10-14(17)21)20(25)19-16(22-15)8-12(26-2)9-18(19)27-3/h8-11H,4-7,21H2,1-3H3,(H,22,25). The number of hydrogen-bond donors (Lipinski definition) is 2. The third-order valence-corrected chi connectivity index (χ3v) is 5.28. The SMILES string of the molecule is COc1cc(OC)c2c(=O)c3cc(N)c(N4CCN(C)CC4)cc3[nH]c2c1. The zero-order chi connectivity index (χ0) is 19.1. The van der Waals surface area contributed by atoms with Crippen molar-refractivity contribution in [3.05, 3.63) is 34.5 Å². The average Bonchev–Trinajstić information content (AvgIpc) is 2.68. The van der Waals surface area contributed by atoms with Crippen LogP contribution in [-0.4, -0.2) is 57.3 Å². The lowest BCUT2D eigenvalue weighted by molar-refractivity contribution is 0.313. The number of hydrogen-bond acceptors (Lipinski definition) is 6. The van der Waals surface area contributed by atoms with Gasteiger partial charge in [-0.25, -0.2) is 0 Å². The zero-order valence-electron chi connectivity index (χ0n) is 15.8. The molecule has 1 aromatic heterocycles. The number of benzene rings is 2. The number of likely N-dealkylation sites (N-methyl/N-ethyl adjacent to an activating group) is 1. The molecule has 7 nitrogen and oxygen atoms in total. The number of nitrogens with two attached hydrogens (primary N) is 1.